The number of rotatable bonds is 5. The molecule has 0 spiro atoms. The summed E-state index contributed by atoms with van der Waals surface area (Å²) in [5.74, 6) is 0. The maximum absolute atomic E-state index is 11.9. The first-order chi connectivity index (χ1) is 12.5. The average molecular weight is 389 g/mol. The highest BCUT2D eigenvalue weighted by molar-refractivity contribution is 7.89. The summed E-state index contributed by atoms with van der Waals surface area (Å²) in [5, 5.41) is 10.9. The Balaban J connectivity index is 0.000000223. The van der Waals surface area contributed by atoms with Gasteiger partial charge in [-0.2, -0.15) is 24.9 Å². The van der Waals surface area contributed by atoms with Crippen LogP contribution in [0.2, 0.25) is 0 Å². The minimum Gasteiger partial charge on any atom is -0.200 e. The van der Waals surface area contributed by atoms with Crippen molar-refractivity contribution >= 4 is 37.8 Å². The van der Waals surface area contributed by atoms with E-state index in [2.05, 4.69) is 45.0 Å². The number of benzene rings is 2. The second-order valence-corrected chi connectivity index (χ2v) is 8.20. The van der Waals surface area contributed by atoms with Crippen LogP contribution in [-0.2, 0) is 10.0 Å². The van der Waals surface area contributed by atoms with Gasteiger partial charge in [-0.05, 0) is 53.4 Å². The fraction of sp³-hybridized carbons (Fsp3) is 0.250. The molecule has 0 aliphatic rings. The molecule has 0 bridgehead atoms. The van der Waals surface area contributed by atoms with E-state index in [1.165, 1.54) is 10.8 Å². The van der Waals surface area contributed by atoms with Crippen LogP contribution in [0.5, 0.6) is 0 Å². The maximum Gasteiger partial charge on any atom is 0.276 e. The van der Waals surface area contributed by atoms with E-state index in [9.17, 15) is 8.42 Å². The van der Waals surface area contributed by atoms with E-state index < -0.39 is 10.0 Å². The summed E-state index contributed by atoms with van der Waals surface area (Å²) in [6.07, 6.45) is 1.49. The molecule has 26 heavy (non-hydrogen) atoms. The predicted octanol–water partition coefficient (Wildman–Crippen LogP) is 5.35. The highest BCUT2D eigenvalue weighted by atomic mass is 32.2. The summed E-state index contributed by atoms with van der Waals surface area (Å²) in [4.78, 5) is 2.49. The van der Waals surface area contributed by atoms with Gasteiger partial charge in [-0.15, -0.1) is 0 Å². The molecule has 1 N–H and O–H groups in total. The summed E-state index contributed by atoms with van der Waals surface area (Å²) in [6, 6.07) is 15.1. The molecule has 2 aromatic carbocycles. The Morgan fingerprint density at radius 3 is 2.00 bits per heavy atom. The van der Waals surface area contributed by atoms with Gasteiger partial charge in [-0.1, -0.05) is 55.8 Å². The molecule has 0 radical (unpaired) electrons. The molecule has 0 amide bonds. The van der Waals surface area contributed by atoms with Crippen molar-refractivity contribution in [2.75, 3.05) is 0 Å². The number of thiophene rings is 1. The van der Waals surface area contributed by atoms with Gasteiger partial charge in [0, 0.05) is 5.71 Å². The van der Waals surface area contributed by atoms with Crippen LogP contribution in [0, 0.1) is 6.92 Å². The molecule has 0 saturated heterocycles. The van der Waals surface area contributed by atoms with Crippen LogP contribution in [-0.4, -0.2) is 14.1 Å². The van der Waals surface area contributed by atoms with E-state index in [1.807, 2.05) is 20.8 Å². The number of nitrogens with one attached hydrogen (secondary N) is 1. The van der Waals surface area contributed by atoms with Gasteiger partial charge < -0.3 is 0 Å². The molecule has 0 unspecified atom stereocenters. The topological polar surface area (TPSA) is 58.5 Å². The number of fused-ring (bicyclic) bond motifs is 1. The zero-order valence-electron chi connectivity index (χ0n) is 15.3. The van der Waals surface area contributed by atoms with E-state index >= 15 is 0 Å². The molecule has 6 heteroatoms. The highest BCUT2D eigenvalue weighted by Gasteiger charge is 2.12. The Bertz CT molecular complexity index is 923. The van der Waals surface area contributed by atoms with Gasteiger partial charge in [0.2, 0.25) is 0 Å². The Hall–Kier alpha value is -2.18. The Morgan fingerprint density at radius 2 is 1.50 bits per heavy atom. The van der Waals surface area contributed by atoms with Crippen LogP contribution < -0.4 is 4.83 Å². The van der Waals surface area contributed by atoms with Crippen molar-refractivity contribution in [3.05, 3.63) is 64.9 Å². The fourth-order valence-electron chi connectivity index (χ4n) is 2.21. The zero-order chi connectivity index (χ0) is 19.0. The predicted molar refractivity (Wildman–Crippen MR) is 111 cm³/mol. The average Bonchev–Trinajstić information content (AvgIpc) is 3.12. The first-order valence-corrected chi connectivity index (χ1v) is 10.9. The van der Waals surface area contributed by atoms with Gasteiger partial charge in [-0.25, -0.2) is 4.83 Å². The van der Waals surface area contributed by atoms with Crippen LogP contribution in [0.15, 0.2) is 69.3 Å². The fourth-order valence-corrected chi connectivity index (χ4v) is 3.85. The number of sulfonamides is 1. The molecule has 0 atom stereocenters. The van der Waals surface area contributed by atoms with Crippen molar-refractivity contribution in [1.82, 2.24) is 4.83 Å². The second-order valence-electron chi connectivity index (χ2n) is 5.79. The molecular weight excluding hydrogens is 364 g/mol. The first-order valence-electron chi connectivity index (χ1n) is 8.51. The summed E-state index contributed by atoms with van der Waals surface area (Å²) in [7, 11) is -3.53. The number of hydrogen-bond acceptors (Lipinski definition) is 4. The summed E-state index contributed by atoms with van der Waals surface area (Å²) >= 11 is 1.75. The van der Waals surface area contributed by atoms with Crippen molar-refractivity contribution in [2.45, 2.75) is 38.5 Å². The molecule has 0 fully saturated rings. The third-order valence-electron chi connectivity index (χ3n) is 3.86. The molecule has 0 saturated carbocycles. The van der Waals surface area contributed by atoms with Crippen molar-refractivity contribution in [1.29, 1.82) is 0 Å². The molecule has 138 valence electrons. The normalized spacial score (nSPS) is 10.7. The zero-order valence-corrected chi connectivity index (χ0v) is 16.9. The van der Waals surface area contributed by atoms with Gasteiger partial charge in [0.25, 0.3) is 10.0 Å². The summed E-state index contributed by atoms with van der Waals surface area (Å²) in [6.45, 7) is 5.80. The van der Waals surface area contributed by atoms with Crippen molar-refractivity contribution < 1.29 is 8.42 Å². The molecule has 0 aliphatic carbocycles. The van der Waals surface area contributed by atoms with Crippen LogP contribution in [0.3, 0.4) is 0 Å². The van der Waals surface area contributed by atoms with E-state index in [0.717, 1.165) is 24.1 Å². The SMILES string of the molecule is CCC(CC)=NNS(=O)(=O)c1ccc(C)cc1.c1ccc2cscc2c1. The molecule has 4 nitrogen and oxygen atoms in total. The van der Waals surface area contributed by atoms with Gasteiger partial charge >= 0.3 is 0 Å². The monoisotopic (exact) mass is 388 g/mol. The molecule has 0 aliphatic heterocycles. The molecule has 3 aromatic rings. The van der Waals surface area contributed by atoms with Gasteiger partial charge in [-0.3, -0.25) is 0 Å². The van der Waals surface area contributed by atoms with Crippen LogP contribution in [0.25, 0.3) is 10.8 Å². The van der Waals surface area contributed by atoms with Gasteiger partial charge in [0.15, 0.2) is 0 Å². The second kappa shape index (κ2) is 9.50. The van der Waals surface area contributed by atoms with Gasteiger partial charge in [0.1, 0.15) is 0 Å². The molecule has 1 heterocycles. The highest BCUT2D eigenvalue weighted by Crippen LogP contribution is 2.17. The lowest BCUT2D eigenvalue weighted by atomic mass is 10.2. The number of aryl methyl sites for hydroxylation is 1. The van der Waals surface area contributed by atoms with Crippen molar-refractivity contribution in [3.63, 3.8) is 0 Å². The number of hydrogen-bond donors (Lipinski definition) is 1. The van der Waals surface area contributed by atoms with Crippen LogP contribution >= 0.6 is 11.3 Å². The Kier molecular flexibility index (Phi) is 7.36. The van der Waals surface area contributed by atoms with E-state index in [1.54, 1.807) is 35.6 Å². The lowest BCUT2D eigenvalue weighted by Gasteiger charge is -2.05. The minimum absolute atomic E-state index is 0.235. The largest absolute Gasteiger partial charge is 0.276 e. The summed E-state index contributed by atoms with van der Waals surface area (Å²) < 4.78 is 23.7. The lowest BCUT2D eigenvalue weighted by molar-refractivity contribution is 0.584. The molecule has 1 aromatic heterocycles. The Labute approximate surface area is 159 Å². The first kappa shape index (κ1) is 20.1. The standard InChI is InChI=1S/C12H18N2O2S.C8H6S/c1-4-11(5-2)13-14-17(15,16)12-8-6-10(3)7-9-12;1-2-4-8-6-9-5-7(8)3-1/h6-9,14H,4-5H2,1-3H3;1-6H. The lowest BCUT2D eigenvalue weighted by Crippen LogP contribution is -2.20. The molecule has 3 rings (SSSR count). The number of hydrazone groups is 1. The minimum atomic E-state index is -3.53. The third-order valence-corrected chi connectivity index (χ3v) is 5.86. The third kappa shape index (κ3) is 5.68. The van der Waals surface area contributed by atoms with E-state index in [0.29, 0.717) is 0 Å². The molecular formula is C20H24N2O2S2. The summed E-state index contributed by atoms with van der Waals surface area (Å²) in [5.41, 5.74) is 1.86. The van der Waals surface area contributed by atoms with E-state index in [-0.39, 0.29) is 4.90 Å². The number of nitrogens with zero attached hydrogens (tertiary/aromatic N) is 1. The Morgan fingerprint density at radius 1 is 0.962 bits per heavy atom. The maximum atomic E-state index is 11.9. The van der Waals surface area contributed by atoms with Gasteiger partial charge in [0.05, 0.1) is 4.90 Å². The van der Waals surface area contributed by atoms with Crippen molar-refractivity contribution in [2.24, 2.45) is 5.10 Å². The van der Waals surface area contributed by atoms with E-state index in [4.69, 9.17) is 0 Å². The quantitative estimate of drug-likeness (QED) is 0.473. The van der Waals surface area contributed by atoms with Crippen LogP contribution in [0.1, 0.15) is 32.3 Å². The van der Waals surface area contributed by atoms with Crippen LogP contribution in [0.4, 0.5) is 0 Å². The van der Waals surface area contributed by atoms with Crippen molar-refractivity contribution in [3.8, 4) is 0 Å². The smallest absolute Gasteiger partial charge is 0.200 e.